The van der Waals surface area contributed by atoms with Crippen LogP contribution in [0, 0.1) is 12.3 Å². The maximum atomic E-state index is 5.52. The first-order valence-corrected chi connectivity index (χ1v) is 5.77. The van der Waals surface area contributed by atoms with Gasteiger partial charge in [0.1, 0.15) is 0 Å². The first-order chi connectivity index (χ1) is 7.14. The summed E-state index contributed by atoms with van der Waals surface area (Å²) in [6.07, 6.45) is 5.52. The molecule has 0 spiro atoms. The lowest BCUT2D eigenvalue weighted by atomic mass is 9.79. The van der Waals surface area contributed by atoms with E-state index >= 15 is 0 Å². The number of terminal acetylenes is 1. The van der Waals surface area contributed by atoms with Crippen LogP contribution < -0.4 is 0 Å². The Kier molecular flexibility index (Phi) is 4.61. The minimum Gasteiger partial charge on any atom is -0.115 e. The highest BCUT2D eigenvalue weighted by molar-refractivity contribution is 5.43. The maximum absolute atomic E-state index is 5.52. The molecule has 17 heavy (non-hydrogen) atoms. The van der Waals surface area contributed by atoms with Gasteiger partial charge in [-0.3, -0.25) is 0 Å². The zero-order valence-corrected chi connectivity index (χ0v) is 11.3. The van der Waals surface area contributed by atoms with Crippen LogP contribution in [-0.4, -0.2) is 0 Å². The topological polar surface area (TPSA) is 0 Å². The van der Waals surface area contributed by atoms with Crippen LogP contribution in [-0.2, 0) is 10.8 Å². The monoisotopic (exact) mass is 230 g/mol. The third kappa shape index (κ3) is 3.93. The van der Waals surface area contributed by atoms with Gasteiger partial charge in [-0.25, -0.2) is 0 Å². The van der Waals surface area contributed by atoms with Gasteiger partial charge in [0.15, 0.2) is 0 Å². The molecule has 0 unspecified atom stereocenters. The molecular formula is C17H26. The van der Waals surface area contributed by atoms with Gasteiger partial charge in [0, 0.05) is 5.56 Å². The Morgan fingerprint density at radius 1 is 0.824 bits per heavy atom. The van der Waals surface area contributed by atoms with E-state index in [9.17, 15) is 0 Å². The summed E-state index contributed by atoms with van der Waals surface area (Å²) < 4.78 is 0. The summed E-state index contributed by atoms with van der Waals surface area (Å²) in [5.41, 5.74) is 3.90. The van der Waals surface area contributed by atoms with Gasteiger partial charge in [-0.15, -0.1) is 6.42 Å². The quantitative estimate of drug-likeness (QED) is 0.556. The van der Waals surface area contributed by atoms with Crippen LogP contribution in [0.1, 0.15) is 65.7 Å². The molecule has 1 aromatic rings. The van der Waals surface area contributed by atoms with Crippen molar-refractivity contribution in [2.24, 2.45) is 0 Å². The summed E-state index contributed by atoms with van der Waals surface area (Å²) in [4.78, 5) is 0. The van der Waals surface area contributed by atoms with Gasteiger partial charge in [0.2, 0.25) is 0 Å². The van der Waals surface area contributed by atoms with Gasteiger partial charge in [-0.05, 0) is 34.1 Å². The molecule has 0 saturated carbocycles. The SMILES string of the molecule is C.C#Cc1cc(C(C)(C)C)cc(C(C)(C)C)c1. The van der Waals surface area contributed by atoms with Crippen molar-refractivity contribution in [2.75, 3.05) is 0 Å². The van der Waals surface area contributed by atoms with E-state index in [0.29, 0.717) is 0 Å². The molecule has 0 aromatic heterocycles. The standard InChI is InChI=1S/C16H22.CH4/c1-8-12-9-13(15(2,3)4)11-14(10-12)16(5,6)7;/h1,9-11H,2-7H3;1H4. The fraction of sp³-hybridized carbons (Fsp3) is 0.529. The van der Waals surface area contributed by atoms with Crippen molar-refractivity contribution in [3.8, 4) is 12.3 Å². The number of hydrogen-bond donors (Lipinski definition) is 0. The van der Waals surface area contributed by atoms with E-state index in [-0.39, 0.29) is 18.3 Å². The highest BCUT2D eigenvalue weighted by Crippen LogP contribution is 2.29. The van der Waals surface area contributed by atoms with Crippen LogP contribution in [0.2, 0.25) is 0 Å². The fourth-order valence-electron chi connectivity index (χ4n) is 1.58. The molecule has 0 amide bonds. The van der Waals surface area contributed by atoms with E-state index in [1.54, 1.807) is 0 Å². The molecule has 0 aliphatic rings. The summed E-state index contributed by atoms with van der Waals surface area (Å²) in [5.74, 6) is 2.75. The van der Waals surface area contributed by atoms with Crippen molar-refractivity contribution in [1.29, 1.82) is 0 Å². The van der Waals surface area contributed by atoms with E-state index in [4.69, 9.17) is 6.42 Å². The highest BCUT2D eigenvalue weighted by Gasteiger charge is 2.19. The Morgan fingerprint density at radius 2 is 1.18 bits per heavy atom. The second kappa shape index (κ2) is 4.96. The Balaban J connectivity index is 0.00000256. The molecule has 1 rings (SSSR count). The number of hydrogen-bond acceptors (Lipinski definition) is 0. The van der Waals surface area contributed by atoms with Crippen LogP contribution in [0.3, 0.4) is 0 Å². The van der Waals surface area contributed by atoms with Crippen molar-refractivity contribution in [3.05, 3.63) is 34.9 Å². The Hall–Kier alpha value is -1.22. The largest absolute Gasteiger partial charge is 0.115 e. The first-order valence-electron chi connectivity index (χ1n) is 5.77. The lowest BCUT2D eigenvalue weighted by molar-refractivity contribution is 0.568. The zero-order valence-electron chi connectivity index (χ0n) is 11.3. The minimum absolute atomic E-state index is 0. The highest BCUT2D eigenvalue weighted by atomic mass is 14.2. The second-order valence-corrected chi connectivity index (χ2v) is 6.44. The molecule has 1 aromatic carbocycles. The number of rotatable bonds is 0. The van der Waals surface area contributed by atoms with E-state index in [1.807, 2.05) is 0 Å². The third-order valence-electron chi connectivity index (χ3n) is 2.83. The molecule has 0 heterocycles. The first kappa shape index (κ1) is 15.8. The van der Waals surface area contributed by atoms with Crippen molar-refractivity contribution in [1.82, 2.24) is 0 Å². The third-order valence-corrected chi connectivity index (χ3v) is 2.83. The van der Waals surface area contributed by atoms with Crippen LogP contribution in [0.5, 0.6) is 0 Å². The zero-order chi connectivity index (χ0) is 12.6. The summed E-state index contributed by atoms with van der Waals surface area (Å²) in [6.45, 7) is 13.3. The van der Waals surface area contributed by atoms with Gasteiger partial charge in [-0.2, -0.15) is 0 Å². The molecule has 0 fully saturated rings. The molecule has 0 aliphatic heterocycles. The lowest BCUT2D eigenvalue weighted by Gasteiger charge is -2.25. The van der Waals surface area contributed by atoms with Gasteiger partial charge in [0.25, 0.3) is 0 Å². The van der Waals surface area contributed by atoms with Crippen molar-refractivity contribution in [2.45, 2.75) is 59.8 Å². The van der Waals surface area contributed by atoms with Crippen molar-refractivity contribution >= 4 is 0 Å². The Morgan fingerprint density at radius 3 is 1.41 bits per heavy atom. The average Bonchev–Trinajstić information content (AvgIpc) is 2.14. The fourth-order valence-corrected chi connectivity index (χ4v) is 1.58. The molecule has 0 radical (unpaired) electrons. The van der Waals surface area contributed by atoms with Gasteiger partial charge in [0.05, 0.1) is 0 Å². The van der Waals surface area contributed by atoms with Crippen LogP contribution in [0.15, 0.2) is 18.2 Å². The molecule has 0 nitrogen and oxygen atoms in total. The van der Waals surface area contributed by atoms with Gasteiger partial charge < -0.3 is 0 Å². The Labute approximate surface area is 107 Å². The summed E-state index contributed by atoms with van der Waals surface area (Å²) >= 11 is 0. The molecular weight excluding hydrogens is 204 g/mol. The van der Waals surface area contributed by atoms with E-state index in [1.165, 1.54) is 11.1 Å². The van der Waals surface area contributed by atoms with Crippen LogP contribution in [0.25, 0.3) is 0 Å². The molecule has 94 valence electrons. The van der Waals surface area contributed by atoms with Gasteiger partial charge >= 0.3 is 0 Å². The average molecular weight is 230 g/mol. The molecule has 0 N–H and O–H groups in total. The molecule has 0 bridgehead atoms. The number of benzene rings is 1. The predicted octanol–water partition coefficient (Wildman–Crippen LogP) is 4.90. The van der Waals surface area contributed by atoms with Crippen LogP contribution >= 0.6 is 0 Å². The summed E-state index contributed by atoms with van der Waals surface area (Å²) in [5, 5.41) is 0. The second-order valence-electron chi connectivity index (χ2n) is 6.44. The van der Waals surface area contributed by atoms with Crippen molar-refractivity contribution < 1.29 is 0 Å². The predicted molar refractivity (Wildman–Crippen MR) is 78.5 cm³/mol. The smallest absolute Gasteiger partial charge is 0.0248 e. The van der Waals surface area contributed by atoms with Crippen molar-refractivity contribution in [3.63, 3.8) is 0 Å². The molecule has 0 atom stereocenters. The minimum atomic E-state index is 0. The summed E-state index contributed by atoms with van der Waals surface area (Å²) in [7, 11) is 0. The molecule has 0 saturated heterocycles. The van der Waals surface area contributed by atoms with E-state index in [2.05, 4.69) is 65.7 Å². The summed E-state index contributed by atoms with van der Waals surface area (Å²) in [6, 6.07) is 6.52. The van der Waals surface area contributed by atoms with Gasteiger partial charge in [-0.1, -0.05) is 61.0 Å². The maximum Gasteiger partial charge on any atom is 0.0248 e. The molecule has 0 heteroatoms. The Bertz CT molecular complexity index is 385. The normalized spacial score (nSPS) is 11.6. The van der Waals surface area contributed by atoms with E-state index in [0.717, 1.165) is 5.56 Å². The van der Waals surface area contributed by atoms with Crippen LogP contribution in [0.4, 0.5) is 0 Å². The lowest BCUT2D eigenvalue weighted by Crippen LogP contribution is -2.16. The molecule has 0 aliphatic carbocycles. The van der Waals surface area contributed by atoms with E-state index < -0.39 is 0 Å².